The molecule has 7 heteroatoms. The predicted octanol–water partition coefficient (Wildman–Crippen LogP) is 4.75. The molecule has 0 atom stereocenters. The highest BCUT2D eigenvalue weighted by Gasteiger charge is 2.40. The first kappa shape index (κ1) is 22.8. The Hall–Kier alpha value is -4.39. The molecular weight excluding hydrogens is 430 g/mol. The van der Waals surface area contributed by atoms with Crippen molar-refractivity contribution < 1.29 is 19.1 Å². The molecule has 172 valence electrons. The van der Waals surface area contributed by atoms with E-state index in [1.54, 1.807) is 48.5 Å². The zero-order chi connectivity index (χ0) is 24.2. The fraction of sp³-hybridized carbons (Fsp3) is 0.148. The Morgan fingerprint density at radius 2 is 1.62 bits per heavy atom. The van der Waals surface area contributed by atoms with Gasteiger partial charge in [0, 0.05) is 24.4 Å². The van der Waals surface area contributed by atoms with E-state index in [1.165, 1.54) is 11.8 Å². The lowest BCUT2D eigenvalue weighted by Gasteiger charge is -2.16. The first-order chi connectivity index (χ1) is 16.4. The molecule has 1 aliphatic rings. The second kappa shape index (κ2) is 9.62. The van der Waals surface area contributed by atoms with Crippen molar-refractivity contribution in [1.82, 2.24) is 0 Å². The minimum absolute atomic E-state index is 0.173. The van der Waals surface area contributed by atoms with Gasteiger partial charge in [0.25, 0.3) is 11.8 Å². The van der Waals surface area contributed by atoms with Crippen LogP contribution in [0.4, 0.5) is 17.1 Å². The lowest BCUT2D eigenvalue weighted by molar-refractivity contribution is -0.120. The van der Waals surface area contributed by atoms with Crippen LogP contribution < -0.4 is 20.3 Å². The van der Waals surface area contributed by atoms with Crippen LogP contribution in [-0.4, -0.2) is 24.3 Å². The van der Waals surface area contributed by atoms with Gasteiger partial charge in [0.2, 0.25) is 5.91 Å². The van der Waals surface area contributed by atoms with E-state index in [4.69, 9.17) is 4.74 Å². The maximum absolute atomic E-state index is 13.5. The number of benzene rings is 3. The van der Waals surface area contributed by atoms with Crippen molar-refractivity contribution in [3.63, 3.8) is 0 Å². The number of amides is 3. The van der Waals surface area contributed by atoms with Crippen LogP contribution in [0.2, 0.25) is 0 Å². The summed E-state index contributed by atoms with van der Waals surface area (Å²) in [4.78, 5) is 39.6. The first-order valence-electron chi connectivity index (χ1n) is 10.9. The van der Waals surface area contributed by atoms with E-state index in [2.05, 4.69) is 10.6 Å². The van der Waals surface area contributed by atoms with Crippen molar-refractivity contribution in [2.75, 3.05) is 22.1 Å². The molecule has 4 rings (SSSR count). The first-order valence-corrected chi connectivity index (χ1v) is 10.9. The monoisotopic (exact) mass is 455 g/mol. The Morgan fingerprint density at radius 3 is 2.26 bits per heavy atom. The number of rotatable bonds is 7. The molecule has 34 heavy (non-hydrogen) atoms. The van der Waals surface area contributed by atoms with Crippen LogP contribution in [0.15, 0.2) is 78.5 Å². The second-order valence-corrected chi connectivity index (χ2v) is 7.88. The molecule has 3 aromatic carbocycles. The predicted molar refractivity (Wildman–Crippen MR) is 133 cm³/mol. The number of imide groups is 1. The Labute approximate surface area is 198 Å². The van der Waals surface area contributed by atoms with Crippen LogP contribution >= 0.6 is 0 Å². The molecule has 0 spiro atoms. The summed E-state index contributed by atoms with van der Waals surface area (Å²) in [6.45, 7) is 5.77. The lowest BCUT2D eigenvalue weighted by Crippen LogP contribution is -2.32. The van der Waals surface area contributed by atoms with Gasteiger partial charge in [-0.25, -0.2) is 4.90 Å². The van der Waals surface area contributed by atoms with E-state index < -0.39 is 11.8 Å². The molecule has 0 aliphatic carbocycles. The van der Waals surface area contributed by atoms with Crippen LogP contribution in [0.1, 0.15) is 25.0 Å². The maximum atomic E-state index is 13.5. The number of nitrogens with zero attached hydrogens (tertiary/aromatic N) is 1. The number of hydrogen-bond acceptors (Lipinski definition) is 5. The summed E-state index contributed by atoms with van der Waals surface area (Å²) >= 11 is 0. The van der Waals surface area contributed by atoms with Crippen molar-refractivity contribution in [3.8, 4) is 5.75 Å². The number of hydrogen-bond donors (Lipinski definition) is 2. The van der Waals surface area contributed by atoms with Crippen molar-refractivity contribution in [3.05, 3.63) is 89.6 Å². The number of carbonyl (C=O) groups is 3. The third-order valence-corrected chi connectivity index (χ3v) is 5.28. The summed E-state index contributed by atoms with van der Waals surface area (Å²) in [5.41, 5.74) is 3.73. The van der Waals surface area contributed by atoms with Gasteiger partial charge in [-0.15, -0.1) is 0 Å². The third-order valence-electron chi connectivity index (χ3n) is 5.28. The molecule has 1 heterocycles. The number of carbonyl (C=O) groups excluding carboxylic acids is 3. The normalized spacial score (nSPS) is 13.3. The van der Waals surface area contributed by atoms with Gasteiger partial charge in [-0.3, -0.25) is 14.4 Å². The molecule has 7 nitrogen and oxygen atoms in total. The molecule has 2 N–H and O–H groups in total. The molecule has 0 aromatic heterocycles. The van der Waals surface area contributed by atoms with E-state index in [1.807, 2.05) is 38.1 Å². The Balaban J connectivity index is 1.77. The molecule has 3 aromatic rings. The summed E-state index contributed by atoms with van der Waals surface area (Å²) in [5, 5.41) is 5.85. The largest absolute Gasteiger partial charge is 0.494 e. The summed E-state index contributed by atoms with van der Waals surface area (Å²) in [5.74, 6) is -0.413. The van der Waals surface area contributed by atoms with Crippen LogP contribution in [0.3, 0.4) is 0 Å². The molecule has 3 amide bonds. The van der Waals surface area contributed by atoms with E-state index in [9.17, 15) is 14.4 Å². The lowest BCUT2D eigenvalue weighted by atomic mass is 10.0. The number of nitrogens with one attached hydrogen (secondary N) is 2. The summed E-state index contributed by atoms with van der Waals surface area (Å²) in [6, 6.07) is 21.3. The van der Waals surface area contributed by atoms with Gasteiger partial charge in [0.05, 0.1) is 17.9 Å². The molecule has 0 saturated heterocycles. The van der Waals surface area contributed by atoms with Gasteiger partial charge in [0.1, 0.15) is 11.4 Å². The fourth-order valence-electron chi connectivity index (χ4n) is 3.74. The summed E-state index contributed by atoms with van der Waals surface area (Å²) in [6.07, 6.45) is 0. The highest BCUT2D eigenvalue weighted by Crippen LogP contribution is 2.34. The summed E-state index contributed by atoms with van der Waals surface area (Å²) in [7, 11) is 0. The standard InChI is InChI=1S/C27H25N3O4/c1-4-34-23-7-5-6-21(16-23)29-25-24(19-10-12-20(13-11-19)28-18(3)31)26(32)30(27(25)33)22-14-8-17(2)9-15-22/h5-16,29H,4H2,1-3H3,(H,28,31). The molecule has 0 radical (unpaired) electrons. The van der Waals surface area contributed by atoms with Gasteiger partial charge in [-0.05, 0) is 55.8 Å². The molecule has 0 saturated carbocycles. The third kappa shape index (κ3) is 4.68. The molecule has 0 bridgehead atoms. The molecule has 0 fully saturated rings. The fourth-order valence-corrected chi connectivity index (χ4v) is 3.74. The molecule has 0 unspecified atom stereocenters. The number of ether oxygens (including phenoxy) is 1. The van der Waals surface area contributed by atoms with E-state index in [0.29, 0.717) is 35.0 Å². The van der Waals surface area contributed by atoms with E-state index >= 15 is 0 Å². The van der Waals surface area contributed by atoms with Crippen molar-refractivity contribution in [2.45, 2.75) is 20.8 Å². The zero-order valence-corrected chi connectivity index (χ0v) is 19.2. The Morgan fingerprint density at radius 1 is 0.912 bits per heavy atom. The Kier molecular flexibility index (Phi) is 6.45. The average molecular weight is 456 g/mol. The molecular formula is C27H25N3O4. The second-order valence-electron chi connectivity index (χ2n) is 7.88. The van der Waals surface area contributed by atoms with Crippen LogP contribution in [0.5, 0.6) is 5.75 Å². The van der Waals surface area contributed by atoms with Gasteiger partial charge in [0.15, 0.2) is 0 Å². The van der Waals surface area contributed by atoms with Crippen molar-refractivity contribution in [2.24, 2.45) is 0 Å². The summed E-state index contributed by atoms with van der Waals surface area (Å²) < 4.78 is 5.56. The topological polar surface area (TPSA) is 87.7 Å². The minimum Gasteiger partial charge on any atom is -0.494 e. The minimum atomic E-state index is -0.448. The van der Waals surface area contributed by atoms with Crippen LogP contribution in [0, 0.1) is 6.92 Å². The van der Waals surface area contributed by atoms with Gasteiger partial charge in [-0.2, -0.15) is 0 Å². The van der Waals surface area contributed by atoms with Gasteiger partial charge < -0.3 is 15.4 Å². The highest BCUT2D eigenvalue weighted by atomic mass is 16.5. The van der Waals surface area contributed by atoms with E-state index in [0.717, 1.165) is 5.56 Å². The number of aryl methyl sites for hydroxylation is 1. The van der Waals surface area contributed by atoms with Gasteiger partial charge in [-0.1, -0.05) is 35.9 Å². The Bertz CT molecular complexity index is 1280. The average Bonchev–Trinajstić information content (AvgIpc) is 3.04. The van der Waals surface area contributed by atoms with Crippen molar-refractivity contribution >= 4 is 40.4 Å². The smallest absolute Gasteiger partial charge is 0.282 e. The number of anilines is 3. The van der Waals surface area contributed by atoms with Crippen LogP contribution in [-0.2, 0) is 14.4 Å². The molecule has 1 aliphatic heterocycles. The zero-order valence-electron chi connectivity index (χ0n) is 19.2. The SMILES string of the molecule is CCOc1cccc(NC2=C(c3ccc(NC(C)=O)cc3)C(=O)N(c3ccc(C)cc3)C2=O)c1. The van der Waals surface area contributed by atoms with Gasteiger partial charge >= 0.3 is 0 Å². The quantitative estimate of drug-likeness (QED) is 0.502. The highest BCUT2D eigenvalue weighted by molar-refractivity contribution is 6.46. The van der Waals surface area contributed by atoms with E-state index in [-0.39, 0.29) is 17.2 Å². The van der Waals surface area contributed by atoms with Crippen LogP contribution in [0.25, 0.3) is 5.57 Å². The maximum Gasteiger partial charge on any atom is 0.282 e. The van der Waals surface area contributed by atoms with Crippen molar-refractivity contribution in [1.29, 1.82) is 0 Å².